The molecule has 0 aliphatic heterocycles. The molecule has 0 saturated carbocycles. The maximum atomic E-state index is 8.59. The van der Waals surface area contributed by atoms with Crippen LogP contribution in [0.2, 0.25) is 0 Å². The lowest BCUT2D eigenvalue weighted by atomic mass is 10.1. The van der Waals surface area contributed by atoms with Gasteiger partial charge in [0.25, 0.3) is 0 Å². The number of rotatable bonds is 1. The van der Waals surface area contributed by atoms with Gasteiger partial charge in [-0.15, -0.1) is 0 Å². The second-order valence-corrected chi connectivity index (χ2v) is 3.22. The van der Waals surface area contributed by atoms with E-state index in [-0.39, 0.29) is 5.84 Å². The van der Waals surface area contributed by atoms with Crippen LogP contribution in [0.15, 0.2) is 5.16 Å². The fourth-order valence-corrected chi connectivity index (χ4v) is 1.55. The van der Waals surface area contributed by atoms with Crippen LogP contribution in [-0.4, -0.2) is 15.6 Å². The van der Waals surface area contributed by atoms with Gasteiger partial charge in [0.15, 0.2) is 5.84 Å². The Morgan fingerprint density at radius 1 is 1.31 bits per heavy atom. The highest BCUT2D eigenvalue weighted by atomic mass is 16.4. The molecule has 0 aromatic carbocycles. The Hall–Kier alpha value is -1.45. The van der Waals surface area contributed by atoms with Gasteiger partial charge in [-0.1, -0.05) is 5.16 Å². The molecule has 72 valence electrons. The minimum absolute atomic E-state index is 0.179. The summed E-state index contributed by atoms with van der Waals surface area (Å²) in [6.45, 7) is 5.93. The fraction of sp³-hybridized carbons (Fsp3) is 0.444. The zero-order valence-electron chi connectivity index (χ0n) is 8.42. The third-order valence-corrected chi connectivity index (χ3v) is 2.65. The predicted octanol–water partition coefficient (Wildman–Crippen LogP) is 1.04. The summed E-state index contributed by atoms with van der Waals surface area (Å²) in [5.41, 5.74) is 9.62. The van der Waals surface area contributed by atoms with Crippen LogP contribution in [-0.2, 0) is 7.05 Å². The van der Waals surface area contributed by atoms with E-state index in [0.717, 1.165) is 22.5 Å². The van der Waals surface area contributed by atoms with Crippen molar-refractivity contribution in [2.24, 2.45) is 17.9 Å². The molecular formula is C9H15N3O. The summed E-state index contributed by atoms with van der Waals surface area (Å²) in [6.07, 6.45) is 0. The zero-order chi connectivity index (χ0) is 10.2. The van der Waals surface area contributed by atoms with Crippen molar-refractivity contribution >= 4 is 5.84 Å². The molecule has 1 aromatic heterocycles. The van der Waals surface area contributed by atoms with Gasteiger partial charge in [0.2, 0.25) is 0 Å². The van der Waals surface area contributed by atoms with Gasteiger partial charge in [-0.05, 0) is 26.3 Å². The highest BCUT2D eigenvalue weighted by molar-refractivity contribution is 5.99. The summed E-state index contributed by atoms with van der Waals surface area (Å²) >= 11 is 0. The van der Waals surface area contributed by atoms with Crippen molar-refractivity contribution in [3.05, 3.63) is 22.5 Å². The van der Waals surface area contributed by atoms with E-state index < -0.39 is 0 Å². The van der Waals surface area contributed by atoms with Crippen LogP contribution in [0, 0.1) is 20.8 Å². The van der Waals surface area contributed by atoms with Crippen molar-refractivity contribution in [2.45, 2.75) is 20.8 Å². The topological polar surface area (TPSA) is 63.5 Å². The van der Waals surface area contributed by atoms with Crippen LogP contribution in [0.4, 0.5) is 0 Å². The quantitative estimate of drug-likeness (QED) is 0.294. The molecule has 0 fully saturated rings. The number of amidine groups is 1. The molecule has 4 heteroatoms. The van der Waals surface area contributed by atoms with Crippen LogP contribution in [0.1, 0.15) is 22.5 Å². The van der Waals surface area contributed by atoms with Crippen molar-refractivity contribution in [1.29, 1.82) is 0 Å². The van der Waals surface area contributed by atoms with E-state index in [0.29, 0.717) is 0 Å². The van der Waals surface area contributed by atoms with Crippen molar-refractivity contribution in [3.8, 4) is 0 Å². The first kappa shape index (κ1) is 9.64. The van der Waals surface area contributed by atoms with Gasteiger partial charge in [-0.25, -0.2) is 0 Å². The standard InChI is InChI=1S/C9H15N3O/c1-5-6(2)12(4)7(3)8(5)9(10)11-13/h13H,1-4H3,(H2,10,11). The summed E-state index contributed by atoms with van der Waals surface area (Å²) in [4.78, 5) is 0. The Bertz CT molecular complexity index is 338. The Morgan fingerprint density at radius 2 is 1.85 bits per heavy atom. The first-order valence-corrected chi connectivity index (χ1v) is 4.11. The molecule has 0 bridgehead atoms. The normalized spacial score (nSPS) is 12.2. The van der Waals surface area contributed by atoms with E-state index >= 15 is 0 Å². The van der Waals surface area contributed by atoms with Gasteiger partial charge in [-0.2, -0.15) is 0 Å². The SMILES string of the molecule is Cc1c(/C(N)=N\O)c(C)n(C)c1C. The number of hydrogen-bond acceptors (Lipinski definition) is 2. The van der Waals surface area contributed by atoms with E-state index in [1.165, 1.54) is 0 Å². The first-order chi connectivity index (χ1) is 6.00. The molecule has 0 spiro atoms. The molecule has 1 heterocycles. The Morgan fingerprint density at radius 3 is 2.15 bits per heavy atom. The predicted molar refractivity (Wildman–Crippen MR) is 52.1 cm³/mol. The maximum Gasteiger partial charge on any atom is 0.172 e. The number of aromatic nitrogens is 1. The van der Waals surface area contributed by atoms with Gasteiger partial charge in [-0.3, -0.25) is 0 Å². The molecule has 0 aliphatic rings. The van der Waals surface area contributed by atoms with Crippen LogP contribution in [0.25, 0.3) is 0 Å². The average Bonchev–Trinajstić information content (AvgIpc) is 2.30. The number of nitrogens with zero attached hydrogens (tertiary/aromatic N) is 2. The van der Waals surface area contributed by atoms with Crippen molar-refractivity contribution in [2.75, 3.05) is 0 Å². The summed E-state index contributed by atoms with van der Waals surface area (Å²) < 4.78 is 2.03. The largest absolute Gasteiger partial charge is 0.409 e. The molecule has 0 unspecified atom stereocenters. The monoisotopic (exact) mass is 181 g/mol. The first-order valence-electron chi connectivity index (χ1n) is 4.11. The summed E-state index contributed by atoms with van der Waals surface area (Å²) in [6, 6.07) is 0. The number of oxime groups is 1. The molecular weight excluding hydrogens is 166 g/mol. The smallest absolute Gasteiger partial charge is 0.172 e. The second-order valence-electron chi connectivity index (χ2n) is 3.22. The van der Waals surface area contributed by atoms with Crippen LogP contribution >= 0.6 is 0 Å². The average molecular weight is 181 g/mol. The Labute approximate surface area is 77.7 Å². The molecule has 0 amide bonds. The molecule has 1 rings (SSSR count). The molecule has 0 atom stereocenters. The molecule has 0 aliphatic carbocycles. The van der Waals surface area contributed by atoms with Gasteiger partial charge in [0.05, 0.1) is 0 Å². The zero-order valence-corrected chi connectivity index (χ0v) is 8.42. The fourth-order valence-electron chi connectivity index (χ4n) is 1.55. The lowest BCUT2D eigenvalue weighted by Crippen LogP contribution is -2.15. The summed E-state index contributed by atoms with van der Waals surface area (Å²) in [5, 5.41) is 11.6. The van der Waals surface area contributed by atoms with Crippen LogP contribution in [0.5, 0.6) is 0 Å². The van der Waals surface area contributed by atoms with Gasteiger partial charge in [0.1, 0.15) is 0 Å². The third kappa shape index (κ3) is 1.28. The third-order valence-electron chi connectivity index (χ3n) is 2.65. The van der Waals surface area contributed by atoms with Crippen molar-refractivity contribution in [3.63, 3.8) is 0 Å². The molecule has 0 saturated heterocycles. The van der Waals surface area contributed by atoms with E-state index in [2.05, 4.69) is 5.16 Å². The Balaban J connectivity index is 3.46. The minimum Gasteiger partial charge on any atom is -0.409 e. The van der Waals surface area contributed by atoms with Crippen LogP contribution in [0.3, 0.4) is 0 Å². The maximum absolute atomic E-state index is 8.59. The van der Waals surface area contributed by atoms with Crippen LogP contribution < -0.4 is 5.73 Å². The van der Waals surface area contributed by atoms with Gasteiger partial charge >= 0.3 is 0 Å². The van der Waals surface area contributed by atoms with E-state index in [1.54, 1.807) is 0 Å². The molecule has 1 aromatic rings. The Kier molecular flexibility index (Phi) is 2.32. The lowest BCUT2D eigenvalue weighted by molar-refractivity contribution is 0.318. The highest BCUT2D eigenvalue weighted by Crippen LogP contribution is 2.19. The molecule has 3 N–H and O–H groups in total. The van der Waals surface area contributed by atoms with Crippen molar-refractivity contribution in [1.82, 2.24) is 4.57 Å². The summed E-state index contributed by atoms with van der Waals surface area (Å²) in [7, 11) is 1.96. The lowest BCUT2D eigenvalue weighted by Gasteiger charge is -2.00. The molecule has 0 radical (unpaired) electrons. The second kappa shape index (κ2) is 3.12. The van der Waals surface area contributed by atoms with Crippen molar-refractivity contribution < 1.29 is 5.21 Å². The number of hydrogen-bond donors (Lipinski definition) is 2. The molecule has 4 nitrogen and oxygen atoms in total. The number of nitrogens with two attached hydrogens (primary N) is 1. The van der Waals surface area contributed by atoms with Gasteiger partial charge < -0.3 is 15.5 Å². The van der Waals surface area contributed by atoms with Gasteiger partial charge in [0, 0.05) is 24.0 Å². The van der Waals surface area contributed by atoms with E-state index in [4.69, 9.17) is 10.9 Å². The van der Waals surface area contributed by atoms with E-state index in [9.17, 15) is 0 Å². The molecule has 13 heavy (non-hydrogen) atoms. The minimum atomic E-state index is 0.179. The summed E-state index contributed by atoms with van der Waals surface area (Å²) in [5.74, 6) is 0.179. The van der Waals surface area contributed by atoms with E-state index in [1.807, 2.05) is 32.4 Å². The highest BCUT2D eigenvalue weighted by Gasteiger charge is 2.14.